The lowest BCUT2D eigenvalue weighted by Crippen LogP contribution is -2.15. The number of nitrogens with one attached hydrogen (secondary N) is 1. The number of halogens is 1. The van der Waals surface area contributed by atoms with Gasteiger partial charge in [-0.2, -0.15) is 0 Å². The Bertz CT molecular complexity index is 314. The van der Waals surface area contributed by atoms with E-state index < -0.39 is 0 Å². The molecule has 0 saturated heterocycles. The predicted molar refractivity (Wildman–Crippen MR) is 52.9 cm³/mol. The minimum atomic E-state index is -0.253. The molecule has 0 saturated carbocycles. The summed E-state index contributed by atoms with van der Waals surface area (Å²) < 4.78 is 12.7. The quantitative estimate of drug-likeness (QED) is 0.700. The first-order chi connectivity index (χ1) is 6.26. The van der Waals surface area contributed by atoms with Gasteiger partial charge in [0, 0.05) is 5.69 Å². The van der Waals surface area contributed by atoms with E-state index in [2.05, 4.69) is 11.2 Å². The number of anilines is 1. The number of terminal acetylenes is 1. The highest BCUT2D eigenvalue weighted by molar-refractivity contribution is 5.45. The number of benzene rings is 1. The first kappa shape index (κ1) is 9.60. The lowest BCUT2D eigenvalue weighted by Gasteiger charge is -2.11. The van der Waals surface area contributed by atoms with Crippen molar-refractivity contribution >= 4 is 5.69 Å². The van der Waals surface area contributed by atoms with Crippen LogP contribution in [0, 0.1) is 18.2 Å². The average Bonchev–Trinajstić information content (AvgIpc) is 2.14. The second kappa shape index (κ2) is 4.51. The fourth-order valence-corrected chi connectivity index (χ4v) is 1.04. The molecule has 68 valence electrons. The van der Waals surface area contributed by atoms with Crippen molar-refractivity contribution in [3.05, 3.63) is 30.1 Å². The monoisotopic (exact) mass is 177 g/mol. The molecule has 0 aliphatic rings. The molecule has 0 bridgehead atoms. The van der Waals surface area contributed by atoms with E-state index in [1.54, 1.807) is 12.1 Å². The van der Waals surface area contributed by atoms with Crippen LogP contribution in [0.25, 0.3) is 0 Å². The van der Waals surface area contributed by atoms with Crippen LogP contribution in [0.1, 0.15) is 13.3 Å². The molecule has 0 aliphatic heterocycles. The molecule has 1 atom stereocenters. The van der Waals surface area contributed by atoms with Crippen molar-refractivity contribution in [2.24, 2.45) is 0 Å². The normalized spacial score (nSPS) is 11.8. The fourth-order valence-electron chi connectivity index (χ4n) is 1.04. The zero-order valence-corrected chi connectivity index (χ0v) is 7.55. The summed E-state index contributed by atoms with van der Waals surface area (Å²) in [6.45, 7) is 1.98. The highest BCUT2D eigenvalue weighted by atomic mass is 19.1. The van der Waals surface area contributed by atoms with E-state index in [4.69, 9.17) is 6.42 Å². The summed E-state index contributed by atoms with van der Waals surface area (Å²) >= 11 is 0. The zero-order valence-electron chi connectivity index (χ0n) is 7.55. The van der Waals surface area contributed by atoms with Crippen LogP contribution in [0.4, 0.5) is 10.1 Å². The van der Waals surface area contributed by atoms with Gasteiger partial charge < -0.3 is 5.32 Å². The topological polar surface area (TPSA) is 12.0 Å². The average molecular weight is 177 g/mol. The maximum absolute atomic E-state index is 12.7. The fraction of sp³-hybridized carbons (Fsp3) is 0.273. The van der Waals surface area contributed by atoms with Crippen molar-refractivity contribution in [1.82, 2.24) is 0 Å². The molecular weight excluding hydrogens is 165 g/mol. The predicted octanol–water partition coefficient (Wildman–Crippen LogP) is 2.65. The molecule has 2 heteroatoms. The van der Waals surface area contributed by atoms with Crippen molar-refractivity contribution in [1.29, 1.82) is 0 Å². The van der Waals surface area contributed by atoms with Crippen LogP contribution in [-0.2, 0) is 0 Å². The highest BCUT2D eigenvalue weighted by Crippen LogP contribution is 2.11. The van der Waals surface area contributed by atoms with Crippen LogP contribution in [-0.4, -0.2) is 6.04 Å². The SMILES string of the molecule is C#CC(CC)Nc1cccc(F)c1. The van der Waals surface area contributed by atoms with Crippen LogP contribution in [0.2, 0.25) is 0 Å². The van der Waals surface area contributed by atoms with E-state index in [0.717, 1.165) is 12.1 Å². The summed E-state index contributed by atoms with van der Waals surface area (Å²) in [5.74, 6) is 2.33. The summed E-state index contributed by atoms with van der Waals surface area (Å²) in [5, 5.41) is 3.04. The summed E-state index contributed by atoms with van der Waals surface area (Å²) in [5.41, 5.74) is 0.727. The molecular formula is C11H12FN. The standard InChI is InChI=1S/C11H12FN/c1-3-10(4-2)13-11-7-5-6-9(12)8-11/h1,5-8,10,13H,4H2,2H3. The van der Waals surface area contributed by atoms with E-state index in [-0.39, 0.29) is 11.9 Å². The number of hydrogen-bond donors (Lipinski definition) is 1. The maximum atomic E-state index is 12.7. The van der Waals surface area contributed by atoms with Gasteiger partial charge in [0.25, 0.3) is 0 Å². The van der Waals surface area contributed by atoms with Crippen molar-refractivity contribution < 1.29 is 4.39 Å². The van der Waals surface area contributed by atoms with Crippen molar-refractivity contribution in [2.45, 2.75) is 19.4 Å². The first-order valence-corrected chi connectivity index (χ1v) is 4.24. The summed E-state index contributed by atoms with van der Waals surface area (Å²) in [6, 6.07) is 6.26. The summed E-state index contributed by atoms with van der Waals surface area (Å²) in [7, 11) is 0. The van der Waals surface area contributed by atoms with E-state index in [1.807, 2.05) is 6.92 Å². The highest BCUT2D eigenvalue weighted by Gasteiger charge is 2.01. The van der Waals surface area contributed by atoms with Gasteiger partial charge in [-0.05, 0) is 24.6 Å². The molecule has 0 radical (unpaired) electrons. The van der Waals surface area contributed by atoms with Gasteiger partial charge in [0.05, 0.1) is 6.04 Å². The molecule has 1 nitrogen and oxygen atoms in total. The second-order valence-corrected chi connectivity index (χ2v) is 2.78. The Morgan fingerprint density at radius 2 is 2.38 bits per heavy atom. The Morgan fingerprint density at radius 3 is 2.92 bits per heavy atom. The first-order valence-electron chi connectivity index (χ1n) is 4.24. The molecule has 0 fully saturated rings. The summed E-state index contributed by atoms with van der Waals surface area (Å²) in [4.78, 5) is 0. The third kappa shape index (κ3) is 2.79. The van der Waals surface area contributed by atoms with E-state index in [9.17, 15) is 4.39 Å². The van der Waals surface area contributed by atoms with Crippen LogP contribution >= 0.6 is 0 Å². The van der Waals surface area contributed by atoms with Crippen LogP contribution in [0.15, 0.2) is 24.3 Å². The van der Waals surface area contributed by atoms with Crippen LogP contribution in [0.5, 0.6) is 0 Å². The minimum absolute atomic E-state index is 0.0261. The second-order valence-electron chi connectivity index (χ2n) is 2.78. The molecule has 0 aromatic heterocycles. The Hall–Kier alpha value is -1.49. The van der Waals surface area contributed by atoms with Gasteiger partial charge in [-0.25, -0.2) is 4.39 Å². The molecule has 13 heavy (non-hydrogen) atoms. The molecule has 0 heterocycles. The van der Waals surface area contributed by atoms with E-state index in [1.165, 1.54) is 12.1 Å². The lowest BCUT2D eigenvalue weighted by atomic mass is 10.2. The summed E-state index contributed by atoms with van der Waals surface area (Å²) in [6.07, 6.45) is 6.09. The van der Waals surface area contributed by atoms with E-state index in [0.29, 0.717) is 0 Å². The van der Waals surface area contributed by atoms with Gasteiger partial charge in [0.1, 0.15) is 5.82 Å². The van der Waals surface area contributed by atoms with Gasteiger partial charge in [-0.15, -0.1) is 6.42 Å². The van der Waals surface area contributed by atoms with Crippen LogP contribution < -0.4 is 5.32 Å². The number of rotatable bonds is 3. The third-order valence-corrected chi connectivity index (χ3v) is 1.77. The minimum Gasteiger partial charge on any atom is -0.371 e. The van der Waals surface area contributed by atoms with Gasteiger partial charge in [-0.1, -0.05) is 18.9 Å². The maximum Gasteiger partial charge on any atom is 0.125 e. The molecule has 0 amide bonds. The van der Waals surface area contributed by atoms with Gasteiger partial charge in [-0.3, -0.25) is 0 Å². The molecule has 1 N–H and O–H groups in total. The third-order valence-electron chi connectivity index (χ3n) is 1.77. The zero-order chi connectivity index (χ0) is 9.68. The van der Waals surface area contributed by atoms with Gasteiger partial charge in [0.15, 0.2) is 0 Å². The van der Waals surface area contributed by atoms with Crippen LogP contribution in [0.3, 0.4) is 0 Å². The van der Waals surface area contributed by atoms with Crippen molar-refractivity contribution in [3.63, 3.8) is 0 Å². The Kier molecular flexibility index (Phi) is 3.33. The van der Waals surface area contributed by atoms with Gasteiger partial charge >= 0.3 is 0 Å². The molecule has 1 unspecified atom stereocenters. The largest absolute Gasteiger partial charge is 0.371 e. The molecule has 1 rings (SSSR count). The number of hydrogen-bond acceptors (Lipinski definition) is 1. The molecule has 1 aromatic rings. The molecule has 0 aliphatic carbocycles. The smallest absolute Gasteiger partial charge is 0.125 e. The Labute approximate surface area is 78.0 Å². The molecule has 1 aromatic carbocycles. The Balaban J connectivity index is 2.69. The van der Waals surface area contributed by atoms with E-state index >= 15 is 0 Å². The van der Waals surface area contributed by atoms with Crippen molar-refractivity contribution in [3.8, 4) is 12.3 Å². The lowest BCUT2D eigenvalue weighted by molar-refractivity contribution is 0.628. The molecule has 0 spiro atoms. The Morgan fingerprint density at radius 1 is 1.62 bits per heavy atom. The van der Waals surface area contributed by atoms with Gasteiger partial charge in [0.2, 0.25) is 0 Å². The van der Waals surface area contributed by atoms with Crippen molar-refractivity contribution in [2.75, 3.05) is 5.32 Å².